The van der Waals surface area contributed by atoms with Crippen molar-refractivity contribution in [2.75, 3.05) is 0 Å². The molecule has 0 radical (unpaired) electrons. The van der Waals surface area contributed by atoms with E-state index in [1.54, 1.807) is 0 Å². The Bertz CT molecular complexity index is 1290. The van der Waals surface area contributed by atoms with Crippen molar-refractivity contribution in [2.45, 2.75) is 58.9 Å². The zero-order chi connectivity index (χ0) is 22.9. The van der Waals surface area contributed by atoms with Gasteiger partial charge in [0.1, 0.15) is 5.82 Å². The fourth-order valence-electron chi connectivity index (χ4n) is 4.66. The third-order valence-corrected chi connectivity index (χ3v) is 6.53. The molecular formula is C28H31N5. The summed E-state index contributed by atoms with van der Waals surface area (Å²) in [6, 6.07) is 15.5. The van der Waals surface area contributed by atoms with E-state index >= 15 is 0 Å². The zero-order valence-corrected chi connectivity index (χ0v) is 19.9. The van der Waals surface area contributed by atoms with Gasteiger partial charge in [-0.25, -0.2) is 14.6 Å². The number of aromatic nitrogens is 5. The molecule has 0 spiro atoms. The van der Waals surface area contributed by atoms with Gasteiger partial charge in [-0.3, -0.25) is 0 Å². The number of aryl methyl sites for hydroxylation is 3. The van der Waals surface area contributed by atoms with Gasteiger partial charge in [-0.1, -0.05) is 50.3 Å². The van der Waals surface area contributed by atoms with Crippen molar-refractivity contribution in [1.29, 1.82) is 0 Å². The summed E-state index contributed by atoms with van der Waals surface area (Å²) in [4.78, 5) is 9.26. The van der Waals surface area contributed by atoms with E-state index in [0.29, 0.717) is 11.8 Å². The number of hydrogen-bond acceptors (Lipinski definition) is 3. The molecule has 0 aliphatic carbocycles. The molecule has 1 aliphatic heterocycles. The van der Waals surface area contributed by atoms with Crippen LogP contribution in [0.5, 0.6) is 0 Å². The molecule has 0 bridgehead atoms. The van der Waals surface area contributed by atoms with Gasteiger partial charge in [-0.2, -0.15) is 5.10 Å². The summed E-state index contributed by atoms with van der Waals surface area (Å²) in [5.41, 5.74) is 7.23. The smallest absolute Gasteiger partial charge is 0.174 e. The van der Waals surface area contributed by atoms with Crippen molar-refractivity contribution in [3.63, 3.8) is 0 Å². The molecule has 0 saturated carbocycles. The third-order valence-electron chi connectivity index (χ3n) is 6.53. The minimum atomic E-state index is 0.315. The molecule has 0 amide bonds. The van der Waals surface area contributed by atoms with E-state index in [2.05, 4.69) is 83.5 Å². The van der Waals surface area contributed by atoms with Crippen LogP contribution in [0.15, 0.2) is 55.0 Å². The quantitative estimate of drug-likeness (QED) is 0.368. The van der Waals surface area contributed by atoms with Gasteiger partial charge in [0.05, 0.1) is 12.0 Å². The van der Waals surface area contributed by atoms with Crippen molar-refractivity contribution in [3.8, 4) is 5.69 Å². The predicted octanol–water partition coefficient (Wildman–Crippen LogP) is 6.30. The SMILES string of the molecule is Cc1cn(-c2ccc(/C=C/c3nc4n(n3)CCC[C@H]4c3ccc(C(C)C)cc3)cc2C)cn1. The van der Waals surface area contributed by atoms with Gasteiger partial charge in [0, 0.05) is 24.3 Å². The van der Waals surface area contributed by atoms with E-state index in [1.165, 1.54) is 16.7 Å². The first-order valence-corrected chi connectivity index (χ1v) is 11.8. The van der Waals surface area contributed by atoms with Crippen molar-refractivity contribution >= 4 is 12.2 Å². The molecule has 0 fully saturated rings. The van der Waals surface area contributed by atoms with Gasteiger partial charge in [0.2, 0.25) is 0 Å². The largest absolute Gasteiger partial charge is 0.306 e. The maximum atomic E-state index is 4.92. The van der Waals surface area contributed by atoms with Crippen molar-refractivity contribution in [1.82, 2.24) is 24.3 Å². The van der Waals surface area contributed by atoms with Crippen LogP contribution in [-0.2, 0) is 6.54 Å². The second-order valence-corrected chi connectivity index (χ2v) is 9.37. The van der Waals surface area contributed by atoms with Crippen LogP contribution in [0, 0.1) is 13.8 Å². The lowest BCUT2D eigenvalue weighted by Crippen LogP contribution is -2.18. The summed E-state index contributed by atoms with van der Waals surface area (Å²) in [7, 11) is 0. The minimum absolute atomic E-state index is 0.315. The average Bonchev–Trinajstić information content (AvgIpc) is 3.43. The number of fused-ring (bicyclic) bond motifs is 1. The first-order valence-electron chi connectivity index (χ1n) is 11.8. The van der Waals surface area contributed by atoms with Crippen LogP contribution in [0.4, 0.5) is 0 Å². The topological polar surface area (TPSA) is 48.5 Å². The van der Waals surface area contributed by atoms with E-state index < -0.39 is 0 Å². The molecule has 1 aliphatic rings. The van der Waals surface area contributed by atoms with E-state index in [9.17, 15) is 0 Å². The van der Waals surface area contributed by atoms with Crippen molar-refractivity contribution in [2.24, 2.45) is 0 Å². The molecule has 0 unspecified atom stereocenters. The van der Waals surface area contributed by atoms with E-state index in [1.807, 2.05) is 25.5 Å². The van der Waals surface area contributed by atoms with Gasteiger partial charge in [0.25, 0.3) is 0 Å². The molecule has 5 rings (SSSR count). The lowest BCUT2D eigenvalue weighted by molar-refractivity contribution is 0.445. The van der Waals surface area contributed by atoms with E-state index in [-0.39, 0.29) is 0 Å². The highest BCUT2D eigenvalue weighted by molar-refractivity contribution is 5.68. The monoisotopic (exact) mass is 437 g/mol. The maximum Gasteiger partial charge on any atom is 0.174 e. The van der Waals surface area contributed by atoms with Gasteiger partial charge in [-0.05, 0) is 73.1 Å². The van der Waals surface area contributed by atoms with Gasteiger partial charge in [-0.15, -0.1) is 0 Å². The van der Waals surface area contributed by atoms with E-state index in [4.69, 9.17) is 10.1 Å². The molecule has 33 heavy (non-hydrogen) atoms. The number of hydrogen-bond donors (Lipinski definition) is 0. The van der Waals surface area contributed by atoms with Crippen LogP contribution in [0.2, 0.25) is 0 Å². The Morgan fingerprint density at radius 2 is 1.85 bits per heavy atom. The van der Waals surface area contributed by atoms with Crippen LogP contribution in [0.1, 0.15) is 78.1 Å². The predicted molar refractivity (Wildman–Crippen MR) is 134 cm³/mol. The molecule has 0 N–H and O–H groups in total. The number of nitrogens with zero attached hydrogens (tertiary/aromatic N) is 5. The summed E-state index contributed by atoms with van der Waals surface area (Å²) in [5, 5.41) is 4.78. The lowest BCUT2D eigenvalue weighted by Gasteiger charge is -2.22. The van der Waals surface area contributed by atoms with Gasteiger partial charge in [0.15, 0.2) is 5.82 Å². The normalized spacial score (nSPS) is 16.0. The first kappa shape index (κ1) is 21.4. The zero-order valence-electron chi connectivity index (χ0n) is 19.9. The van der Waals surface area contributed by atoms with Crippen LogP contribution in [0.3, 0.4) is 0 Å². The molecule has 3 heterocycles. The second-order valence-electron chi connectivity index (χ2n) is 9.37. The molecule has 4 aromatic rings. The van der Waals surface area contributed by atoms with Gasteiger partial charge >= 0.3 is 0 Å². The van der Waals surface area contributed by atoms with Crippen molar-refractivity contribution < 1.29 is 0 Å². The Morgan fingerprint density at radius 3 is 2.55 bits per heavy atom. The van der Waals surface area contributed by atoms with Crippen LogP contribution < -0.4 is 0 Å². The molecule has 2 aromatic heterocycles. The van der Waals surface area contributed by atoms with Crippen molar-refractivity contribution in [3.05, 3.63) is 94.6 Å². The molecule has 5 heteroatoms. The Hall–Kier alpha value is -3.47. The third kappa shape index (κ3) is 4.40. The molecule has 2 aromatic carbocycles. The minimum Gasteiger partial charge on any atom is -0.306 e. The highest BCUT2D eigenvalue weighted by atomic mass is 15.4. The van der Waals surface area contributed by atoms with Crippen LogP contribution in [-0.4, -0.2) is 24.3 Å². The number of rotatable bonds is 5. The Labute approximate surface area is 195 Å². The van der Waals surface area contributed by atoms with E-state index in [0.717, 1.165) is 48.0 Å². The fraction of sp³-hybridized carbons (Fsp3) is 0.321. The molecular weight excluding hydrogens is 406 g/mol. The highest BCUT2D eigenvalue weighted by Crippen LogP contribution is 2.33. The number of benzene rings is 2. The Kier molecular flexibility index (Phi) is 5.71. The average molecular weight is 438 g/mol. The summed E-state index contributed by atoms with van der Waals surface area (Å²) >= 11 is 0. The first-order chi connectivity index (χ1) is 16.0. The summed E-state index contributed by atoms with van der Waals surface area (Å²) in [6.45, 7) is 9.54. The number of imidazole rings is 1. The molecule has 5 nitrogen and oxygen atoms in total. The maximum absolute atomic E-state index is 4.92. The Balaban J connectivity index is 1.37. The lowest BCUT2D eigenvalue weighted by atomic mass is 9.89. The molecule has 0 saturated heterocycles. The summed E-state index contributed by atoms with van der Waals surface area (Å²) < 4.78 is 4.16. The molecule has 1 atom stereocenters. The second kappa shape index (κ2) is 8.81. The summed E-state index contributed by atoms with van der Waals surface area (Å²) in [6.07, 6.45) is 10.3. The Morgan fingerprint density at radius 1 is 1.03 bits per heavy atom. The highest BCUT2D eigenvalue weighted by Gasteiger charge is 2.25. The standard InChI is InChI=1S/C28H31N5/c1-19(2)23-9-11-24(12-10-23)25-6-5-15-33-28(25)30-27(31-33)14-8-22-7-13-26(20(3)16-22)32-17-21(4)29-18-32/h7-14,16-19,25H,5-6,15H2,1-4H3/b14-8+/t25-/m0/s1. The van der Waals surface area contributed by atoms with Gasteiger partial charge < -0.3 is 4.57 Å². The van der Waals surface area contributed by atoms with Crippen LogP contribution >= 0.6 is 0 Å². The fourth-order valence-corrected chi connectivity index (χ4v) is 4.66. The molecule has 168 valence electrons. The van der Waals surface area contributed by atoms with Crippen LogP contribution in [0.25, 0.3) is 17.8 Å². The summed E-state index contributed by atoms with van der Waals surface area (Å²) in [5.74, 6) is 2.73.